The van der Waals surface area contributed by atoms with E-state index in [9.17, 15) is 0 Å². The molecule has 2 atom stereocenters. The zero-order valence-electron chi connectivity index (χ0n) is 11.1. The van der Waals surface area contributed by atoms with Crippen molar-refractivity contribution in [1.29, 1.82) is 0 Å². The molecule has 1 heterocycles. The van der Waals surface area contributed by atoms with Crippen molar-refractivity contribution in [2.24, 2.45) is 5.92 Å². The van der Waals surface area contributed by atoms with Gasteiger partial charge in [-0.1, -0.05) is 24.3 Å². The van der Waals surface area contributed by atoms with Crippen LogP contribution in [-0.4, -0.2) is 25.7 Å². The van der Waals surface area contributed by atoms with E-state index in [0.29, 0.717) is 6.04 Å². The molecule has 0 amide bonds. The first-order chi connectivity index (χ1) is 8.92. The predicted molar refractivity (Wildman–Crippen MR) is 75.9 cm³/mol. The van der Waals surface area contributed by atoms with Crippen molar-refractivity contribution >= 4 is 0 Å². The minimum Gasteiger partial charge on any atom is -0.316 e. The van der Waals surface area contributed by atoms with E-state index in [-0.39, 0.29) is 0 Å². The van der Waals surface area contributed by atoms with E-state index in [1.807, 2.05) is 0 Å². The van der Waals surface area contributed by atoms with Crippen LogP contribution in [0.2, 0.25) is 0 Å². The van der Waals surface area contributed by atoms with Gasteiger partial charge in [0.05, 0.1) is 0 Å². The van der Waals surface area contributed by atoms with E-state index < -0.39 is 0 Å². The maximum Gasteiger partial charge on any atom is 0.0111 e. The second-order valence-electron chi connectivity index (χ2n) is 5.83. The summed E-state index contributed by atoms with van der Waals surface area (Å²) in [5, 5.41) is 7.29. The zero-order chi connectivity index (χ0) is 12.2. The summed E-state index contributed by atoms with van der Waals surface area (Å²) in [5.41, 5.74) is 3.12. The van der Waals surface area contributed by atoms with E-state index in [2.05, 4.69) is 34.9 Å². The molecular formula is C16H24N2. The molecule has 0 spiro atoms. The van der Waals surface area contributed by atoms with Crippen molar-refractivity contribution < 1.29 is 0 Å². The molecule has 1 aromatic carbocycles. The van der Waals surface area contributed by atoms with Crippen LogP contribution < -0.4 is 10.6 Å². The summed E-state index contributed by atoms with van der Waals surface area (Å²) in [6.07, 6.45) is 6.51. The maximum absolute atomic E-state index is 3.79. The summed E-state index contributed by atoms with van der Waals surface area (Å²) >= 11 is 0. The fourth-order valence-electron chi connectivity index (χ4n) is 3.30. The van der Waals surface area contributed by atoms with E-state index in [4.69, 9.17) is 0 Å². The number of hydrogen-bond donors (Lipinski definition) is 2. The highest BCUT2D eigenvalue weighted by atomic mass is 14.9. The van der Waals surface area contributed by atoms with Gasteiger partial charge in [-0.3, -0.25) is 0 Å². The van der Waals surface area contributed by atoms with Crippen molar-refractivity contribution in [2.45, 2.75) is 38.1 Å². The van der Waals surface area contributed by atoms with Crippen molar-refractivity contribution in [2.75, 3.05) is 19.6 Å². The number of nitrogens with one attached hydrogen (secondary N) is 2. The first-order valence-electron chi connectivity index (χ1n) is 7.43. The third-order valence-electron chi connectivity index (χ3n) is 4.44. The molecule has 1 aromatic rings. The molecule has 0 bridgehead atoms. The Hall–Kier alpha value is -0.860. The van der Waals surface area contributed by atoms with Crippen molar-refractivity contribution in [3.8, 4) is 0 Å². The smallest absolute Gasteiger partial charge is 0.0111 e. The molecule has 0 radical (unpaired) electrons. The summed E-state index contributed by atoms with van der Waals surface area (Å²) in [6.45, 7) is 3.61. The van der Waals surface area contributed by atoms with E-state index in [1.54, 1.807) is 11.1 Å². The van der Waals surface area contributed by atoms with Crippen LogP contribution >= 0.6 is 0 Å². The molecule has 0 saturated carbocycles. The van der Waals surface area contributed by atoms with Crippen LogP contribution in [0.25, 0.3) is 0 Å². The first-order valence-corrected chi connectivity index (χ1v) is 7.43. The lowest BCUT2D eigenvalue weighted by Gasteiger charge is -2.29. The number of piperidine rings is 1. The van der Waals surface area contributed by atoms with Crippen LogP contribution in [0.3, 0.4) is 0 Å². The molecule has 2 aliphatic rings. The Morgan fingerprint density at radius 1 is 1.17 bits per heavy atom. The fraction of sp³-hybridized carbons (Fsp3) is 0.625. The van der Waals surface area contributed by atoms with Gasteiger partial charge < -0.3 is 10.6 Å². The number of aryl methyl sites for hydroxylation is 1. The van der Waals surface area contributed by atoms with Gasteiger partial charge in [0.25, 0.3) is 0 Å². The fourth-order valence-corrected chi connectivity index (χ4v) is 3.30. The highest BCUT2D eigenvalue weighted by Gasteiger charge is 2.19. The molecule has 2 unspecified atom stereocenters. The molecule has 1 fully saturated rings. The summed E-state index contributed by atoms with van der Waals surface area (Å²) in [4.78, 5) is 0. The summed E-state index contributed by atoms with van der Waals surface area (Å²) in [5.74, 6) is 0.843. The molecule has 2 nitrogen and oxygen atoms in total. The Labute approximate surface area is 110 Å². The SMILES string of the molecule is c1ccc2c(c1)CCC(NCC1CCCNC1)C2. The van der Waals surface area contributed by atoms with E-state index in [1.165, 1.54) is 51.7 Å². The van der Waals surface area contributed by atoms with Crippen LogP contribution in [0, 0.1) is 5.92 Å². The number of benzene rings is 1. The summed E-state index contributed by atoms with van der Waals surface area (Å²) < 4.78 is 0. The first kappa shape index (κ1) is 12.2. The maximum atomic E-state index is 3.79. The number of fused-ring (bicyclic) bond motifs is 1. The molecule has 1 aliphatic heterocycles. The molecule has 3 rings (SSSR count). The molecule has 0 aromatic heterocycles. The van der Waals surface area contributed by atoms with Gasteiger partial charge in [0.15, 0.2) is 0 Å². The summed E-state index contributed by atoms with van der Waals surface area (Å²) in [7, 11) is 0. The molecular weight excluding hydrogens is 220 g/mol. The third-order valence-corrected chi connectivity index (χ3v) is 4.44. The van der Waals surface area contributed by atoms with Crippen LogP contribution in [-0.2, 0) is 12.8 Å². The Balaban J connectivity index is 1.50. The molecule has 1 aliphatic carbocycles. The van der Waals surface area contributed by atoms with Gasteiger partial charge in [-0.05, 0) is 68.8 Å². The average Bonchev–Trinajstić information content (AvgIpc) is 2.46. The molecule has 18 heavy (non-hydrogen) atoms. The lowest BCUT2D eigenvalue weighted by molar-refractivity contribution is 0.333. The van der Waals surface area contributed by atoms with Crippen LogP contribution in [0.4, 0.5) is 0 Å². The second kappa shape index (κ2) is 5.85. The molecule has 2 heteroatoms. The Morgan fingerprint density at radius 2 is 2.06 bits per heavy atom. The van der Waals surface area contributed by atoms with Crippen molar-refractivity contribution in [1.82, 2.24) is 10.6 Å². The second-order valence-corrected chi connectivity index (χ2v) is 5.83. The van der Waals surface area contributed by atoms with Crippen LogP contribution in [0.5, 0.6) is 0 Å². The Morgan fingerprint density at radius 3 is 2.89 bits per heavy atom. The number of hydrogen-bond acceptors (Lipinski definition) is 2. The quantitative estimate of drug-likeness (QED) is 0.851. The summed E-state index contributed by atoms with van der Waals surface area (Å²) in [6, 6.07) is 9.62. The van der Waals surface area contributed by atoms with Crippen molar-refractivity contribution in [3.63, 3.8) is 0 Å². The van der Waals surface area contributed by atoms with E-state index in [0.717, 1.165) is 5.92 Å². The standard InChI is InChI=1S/C16H24N2/c1-2-6-15-10-16(8-7-14(15)5-1)18-12-13-4-3-9-17-11-13/h1-2,5-6,13,16-18H,3-4,7-12H2. The van der Waals surface area contributed by atoms with Gasteiger partial charge in [0.2, 0.25) is 0 Å². The van der Waals surface area contributed by atoms with Crippen LogP contribution in [0.15, 0.2) is 24.3 Å². The number of rotatable bonds is 3. The average molecular weight is 244 g/mol. The molecule has 1 saturated heterocycles. The lowest BCUT2D eigenvalue weighted by Crippen LogP contribution is -2.41. The van der Waals surface area contributed by atoms with Gasteiger partial charge in [0.1, 0.15) is 0 Å². The predicted octanol–water partition coefficient (Wildman–Crippen LogP) is 2.13. The molecule has 98 valence electrons. The zero-order valence-corrected chi connectivity index (χ0v) is 11.1. The Bertz CT molecular complexity index is 382. The van der Waals surface area contributed by atoms with Gasteiger partial charge in [-0.2, -0.15) is 0 Å². The van der Waals surface area contributed by atoms with Gasteiger partial charge in [-0.15, -0.1) is 0 Å². The highest BCUT2D eigenvalue weighted by Crippen LogP contribution is 2.21. The Kier molecular flexibility index (Phi) is 3.96. The van der Waals surface area contributed by atoms with Gasteiger partial charge in [-0.25, -0.2) is 0 Å². The third kappa shape index (κ3) is 2.93. The largest absolute Gasteiger partial charge is 0.316 e. The minimum absolute atomic E-state index is 0.696. The van der Waals surface area contributed by atoms with Gasteiger partial charge >= 0.3 is 0 Å². The molecule has 2 N–H and O–H groups in total. The normalized spacial score (nSPS) is 27.8. The minimum atomic E-state index is 0.696. The topological polar surface area (TPSA) is 24.1 Å². The van der Waals surface area contributed by atoms with Crippen molar-refractivity contribution in [3.05, 3.63) is 35.4 Å². The van der Waals surface area contributed by atoms with Crippen LogP contribution in [0.1, 0.15) is 30.4 Å². The monoisotopic (exact) mass is 244 g/mol. The van der Waals surface area contributed by atoms with E-state index >= 15 is 0 Å². The van der Waals surface area contributed by atoms with Gasteiger partial charge in [0, 0.05) is 6.04 Å². The lowest BCUT2D eigenvalue weighted by atomic mass is 9.88. The highest BCUT2D eigenvalue weighted by molar-refractivity contribution is 5.30.